The van der Waals surface area contributed by atoms with Gasteiger partial charge >= 0.3 is 5.97 Å². The maximum absolute atomic E-state index is 12.3. The van der Waals surface area contributed by atoms with Crippen LogP contribution in [-0.2, 0) is 14.3 Å². The first-order chi connectivity index (χ1) is 9.64. The van der Waals surface area contributed by atoms with Crippen LogP contribution in [0.1, 0.15) is 53.4 Å². The van der Waals surface area contributed by atoms with Gasteiger partial charge in [-0.15, -0.1) is 0 Å². The van der Waals surface area contributed by atoms with Gasteiger partial charge in [-0.05, 0) is 38.5 Å². The Morgan fingerprint density at radius 2 is 1.81 bits per heavy atom. The largest absolute Gasteiger partial charge is 0.462 e. The van der Waals surface area contributed by atoms with Crippen molar-refractivity contribution in [2.24, 2.45) is 17.3 Å². The summed E-state index contributed by atoms with van der Waals surface area (Å²) < 4.78 is 5.36. The molecule has 2 saturated carbocycles. The van der Waals surface area contributed by atoms with Gasteiger partial charge < -0.3 is 14.9 Å². The van der Waals surface area contributed by atoms with E-state index >= 15 is 0 Å². The third kappa shape index (κ3) is 2.30. The molecule has 0 aromatic carbocycles. The van der Waals surface area contributed by atoms with E-state index in [4.69, 9.17) is 4.74 Å². The number of hydrogen-bond donors (Lipinski definition) is 2. The first kappa shape index (κ1) is 16.4. The fraction of sp³-hybridized carbons (Fsp3) is 0.875. The van der Waals surface area contributed by atoms with Crippen molar-refractivity contribution in [1.29, 1.82) is 0 Å². The lowest BCUT2D eigenvalue weighted by atomic mass is 9.47. The van der Waals surface area contributed by atoms with Crippen molar-refractivity contribution in [1.82, 2.24) is 0 Å². The Labute approximate surface area is 125 Å². The molecule has 21 heavy (non-hydrogen) atoms. The number of ether oxygens (including phenoxy) is 1. The fourth-order valence-electron chi connectivity index (χ4n) is 4.68. The van der Waals surface area contributed by atoms with Crippen LogP contribution in [0, 0.1) is 17.3 Å². The van der Waals surface area contributed by atoms with Crippen LogP contribution in [0.25, 0.3) is 0 Å². The average Bonchev–Trinajstić information content (AvgIpc) is 2.37. The third-order valence-corrected chi connectivity index (χ3v) is 5.96. The molecular formula is C16H26O5. The number of rotatable bonds is 2. The fourth-order valence-corrected chi connectivity index (χ4v) is 4.68. The number of ketones is 1. The number of hydrogen-bond acceptors (Lipinski definition) is 5. The van der Waals surface area contributed by atoms with Gasteiger partial charge in [-0.25, -0.2) is 0 Å². The van der Waals surface area contributed by atoms with Gasteiger partial charge in [-0.3, -0.25) is 9.59 Å². The molecule has 2 fully saturated rings. The molecule has 0 radical (unpaired) electrons. The lowest BCUT2D eigenvalue weighted by molar-refractivity contribution is -0.253. The highest BCUT2D eigenvalue weighted by molar-refractivity contribution is 5.81. The topological polar surface area (TPSA) is 83.8 Å². The van der Waals surface area contributed by atoms with Gasteiger partial charge in [0.05, 0.1) is 17.6 Å². The van der Waals surface area contributed by atoms with E-state index in [-0.39, 0.29) is 11.7 Å². The summed E-state index contributed by atoms with van der Waals surface area (Å²) >= 11 is 0. The highest BCUT2D eigenvalue weighted by Crippen LogP contribution is 2.59. The van der Waals surface area contributed by atoms with Gasteiger partial charge in [0.25, 0.3) is 0 Å². The molecule has 0 aliphatic heterocycles. The van der Waals surface area contributed by atoms with Crippen LogP contribution in [0.15, 0.2) is 0 Å². The SMILES string of the molecule is CC(=O)O[C@H]1CC[C@]2(O)[C@@H](O)CC[C@H](C)[C@@]2(C)[C@H]1C(C)=O. The summed E-state index contributed by atoms with van der Waals surface area (Å²) in [4.78, 5) is 23.6. The molecule has 2 aliphatic carbocycles. The summed E-state index contributed by atoms with van der Waals surface area (Å²) in [6, 6.07) is 0. The molecule has 0 amide bonds. The normalized spacial score (nSPS) is 46.6. The monoisotopic (exact) mass is 298 g/mol. The van der Waals surface area contributed by atoms with Gasteiger partial charge in [0.15, 0.2) is 0 Å². The Morgan fingerprint density at radius 3 is 2.33 bits per heavy atom. The van der Waals surface area contributed by atoms with Crippen molar-refractivity contribution < 1.29 is 24.5 Å². The van der Waals surface area contributed by atoms with E-state index in [1.54, 1.807) is 0 Å². The molecule has 2 aliphatic rings. The Kier molecular flexibility index (Phi) is 4.19. The van der Waals surface area contributed by atoms with Crippen molar-refractivity contribution >= 4 is 11.8 Å². The zero-order chi connectivity index (χ0) is 16.0. The lowest BCUT2D eigenvalue weighted by Crippen LogP contribution is -2.69. The molecule has 0 unspecified atom stereocenters. The van der Waals surface area contributed by atoms with Crippen LogP contribution in [-0.4, -0.2) is 39.8 Å². The van der Waals surface area contributed by atoms with E-state index in [0.29, 0.717) is 19.3 Å². The predicted octanol–water partition coefficient (Wildman–Crippen LogP) is 1.45. The van der Waals surface area contributed by atoms with Gasteiger partial charge in [-0.2, -0.15) is 0 Å². The summed E-state index contributed by atoms with van der Waals surface area (Å²) in [5.74, 6) is -1.02. The zero-order valence-electron chi connectivity index (χ0n) is 13.3. The average molecular weight is 298 g/mol. The molecule has 0 heterocycles. The lowest BCUT2D eigenvalue weighted by Gasteiger charge is -2.61. The quantitative estimate of drug-likeness (QED) is 0.754. The minimum absolute atomic E-state index is 0.0677. The maximum atomic E-state index is 12.3. The summed E-state index contributed by atoms with van der Waals surface area (Å²) in [6.45, 7) is 6.68. The Morgan fingerprint density at radius 1 is 1.19 bits per heavy atom. The van der Waals surface area contributed by atoms with E-state index in [1.807, 2.05) is 13.8 Å². The smallest absolute Gasteiger partial charge is 0.302 e. The minimum atomic E-state index is -1.29. The van der Waals surface area contributed by atoms with Crippen molar-refractivity contribution in [2.45, 2.75) is 71.2 Å². The molecule has 120 valence electrons. The molecule has 2 N–H and O–H groups in total. The second-order valence-electron chi connectivity index (χ2n) is 6.98. The molecule has 0 aromatic heterocycles. The molecule has 5 nitrogen and oxygen atoms in total. The van der Waals surface area contributed by atoms with E-state index in [2.05, 4.69) is 0 Å². The molecule has 0 spiro atoms. The van der Waals surface area contributed by atoms with Crippen LogP contribution in [0.5, 0.6) is 0 Å². The van der Waals surface area contributed by atoms with Crippen molar-refractivity contribution in [3.8, 4) is 0 Å². The van der Waals surface area contributed by atoms with Crippen LogP contribution in [0.3, 0.4) is 0 Å². The van der Waals surface area contributed by atoms with Gasteiger partial charge in [-0.1, -0.05) is 13.8 Å². The number of carbonyl (C=O) groups is 2. The number of aliphatic hydroxyl groups is 2. The van der Waals surface area contributed by atoms with Crippen LogP contribution >= 0.6 is 0 Å². The number of esters is 1. The second kappa shape index (κ2) is 5.36. The van der Waals surface area contributed by atoms with E-state index in [0.717, 1.165) is 6.42 Å². The Hall–Kier alpha value is -0.940. The third-order valence-electron chi connectivity index (χ3n) is 5.96. The standard InChI is InChI=1S/C16H26O5/c1-9-5-6-13(19)16(20)8-7-12(21-11(3)18)14(10(2)17)15(9,16)4/h9,12-14,19-20H,5-8H2,1-4H3/t9-,12-,13-,14-,15-,16-/m0/s1. The Bertz CT molecular complexity index is 448. The molecule has 0 aromatic rings. The number of Topliss-reactive ketones (excluding diaryl/α,β-unsaturated/α-hetero) is 1. The van der Waals surface area contributed by atoms with Gasteiger partial charge in [0, 0.05) is 12.3 Å². The summed E-state index contributed by atoms with van der Waals surface area (Å²) in [6.07, 6.45) is 0.681. The maximum Gasteiger partial charge on any atom is 0.302 e. The molecule has 6 atom stereocenters. The van der Waals surface area contributed by atoms with Crippen molar-refractivity contribution in [3.63, 3.8) is 0 Å². The molecular weight excluding hydrogens is 272 g/mol. The number of aliphatic hydroxyl groups excluding tert-OH is 1. The van der Waals surface area contributed by atoms with Crippen LogP contribution in [0.4, 0.5) is 0 Å². The summed E-state index contributed by atoms with van der Waals surface area (Å²) in [7, 11) is 0. The predicted molar refractivity (Wildman–Crippen MR) is 76.4 cm³/mol. The van der Waals surface area contributed by atoms with Crippen LogP contribution in [0.2, 0.25) is 0 Å². The van der Waals surface area contributed by atoms with Crippen molar-refractivity contribution in [3.05, 3.63) is 0 Å². The van der Waals surface area contributed by atoms with E-state index in [1.165, 1.54) is 13.8 Å². The van der Waals surface area contributed by atoms with Gasteiger partial charge in [0.1, 0.15) is 11.9 Å². The van der Waals surface area contributed by atoms with Crippen molar-refractivity contribution in [2.75, 3.05) is 0 Å². The minimum Gasteiger partial charge on any atom is -0.462 e. The molecule has 0 bridgehead atoms. The highest BCUT2D eigenvalue weighted by Gasteiger charge is 2.65. The Balaban J connectivity index is 2.48. The van der Waals surface area contributed by atoms with Crippen LogP contribution < -0.4 is 0 Å². The second-order valence-corrected chi connectivity index (χ2v) is 6.98. The molecule has 5 heteroatoms. The summed E-state index contributed by atoms with van der Waals surface area (Å²) in [5.41, 5.74) is -2.08. The number of fused-ring (bicyclic) bond motifs is 1. The molecule has 2 rings (SSSR count). The van der Waals surface area contributed by atoms with E-state index in [9.17, 15) is 19.8 Å². The number of carbonyl (C=O) groups excluding carboxylic acids is 2. The van der Waals surface area contributed by atoms with E-state index < -0.39 is 35.1 Å². The molecule has 0 saturated heterocycles. The van der Waals surface area contributed by atoms with Gasteiger partial charge in [0.2, 0.25) is 0 Å². The first-order valence-electron chi connectivity index (χ1n) is 7.72. The first-order valence-corrected chi connectivity index (χ1v) is 7.72. The highest BCUT2D eigenvalue weighted by atomic mass is 16.5. The zero-order valence-corrected chi connectivity index (χ0v) is 13.3. The summed E-state index contributed by atoms with van der Waals surface area (Å²) in [5, 5.41) is 21.5.